The number of ether oxygens (including phenoxy) is 1. The van der Waals surface area contributed by atoms with Crippen LogP contribution in [0.4, 0.5) is 0 Å². The molecule has 0 aromatic heterocycles. The molecule has 1 rings (SSSR count). The molecule has 0 saturated carbocycles. The lowest BCUT2D eigenvalue weighted by molar-refractivity contribution is -0.0201. The Labute approximate surface area is 113 Å². The van der Waals surface area contributed by atoms with Crippen LogP contribution in [0.3, 0.4) is 0 Å². The lowest BCUT2D eigenvalue weighted by Crippen LogP contribution is -2.31. The molecule has 3 heteroatoms. The first-order valence-electron chi connectivity index (χ1n) is 6.25. The fourth-order valence-corrected chi connectivity index (χ4v) is 2.18. The molecule has 0 saturated heterocycles. The van der Waals surface area contributed by atoms with Gasteiger partial charge in [0.1, 0.15) is 0 Å². The van der Waals surface area contributed by atoms with E-state index in [9.17, 15) is 0 Å². The van der Waals surface area contributed by atoms with E-state index in [1.165, 1.54) is 0 Å². The highest BCUT2D eigenvalue weighted by Gasteiger charge is 2.22. The number of rotatable bonds is 6. The van der Waals surface area contributed by atoms with E-state index in [1.807, 2.05) is 18.2 Å². The van der Waals surface area contributed by atoms with Gasteiger partial charge in [0.05, 0.1) is 12.2 Å². The van der Waals surface area contributed by atoms with E-state index in [-0.39, 0.29) is 18.2 Å². The highest BCUT2D eigenvalue weighted by Crippen LogP contribution is 2.30. The number of nitrogens with two attached hydrogens (primary N) is 1. The molecule has 0 spiro atoms. The van der Waals surface area contributed by atoms with Crippen LogP contribution in [0.5, 0.6) is 0 Å². The Morgan fingerprint density at radius 2 is 1.88 bits per heavy atom. The highest BCUT2D eigenvalue weighted by molar-refractivity contribution is 9.10. The fraction of sp³-hybridized carbons (Fsp3) is 0.571. The van der Waals surface area contributed by atoms with E-state index in [4.69, 9.17) is 10.5 Å². The van der Waals surface area contributed by atoms with Crippen molar-refractivity contribution in [2.75, 3.05) is 0 Å². The summed E-state index contributed by atoms with van der Waals surface area (Å²) in [6.07, 6.45) is 2.09. The minimum atomic E-state index is -0.0366. The van der Waals surface area contributed by atoms with E-state index >= 15 is 0 Å². The van der Waals surface area contributed by atoms with Crippen molar-refractivity contribution in [3.05, 3.63) is 34.3 Å². The minimum absolute atomic E-state index is 0.0303. The van der Waals surface area contributed by atoms with Crippen molar-refractivity contribution in [3.63, 3.8) is 0 Å². The molecule has 1 aromatic carbocycles. The van der Waals surface area contributed by atoms with Crippen LogP contribution >= 0.6 is 15.9 Å². The lowest BCUT2D eigenvalue weighted by atomic mass is 10.0. The Bertz CT molecular complexity index is 343. The van der Waals surface area contributed by atoms with Crippen molar-refractivity contribution < 1.29 is 4.74 Å². The van der Waals surface area contributed by atoms with Crippen molar-refractivity contribution in [3.8, 4) is 0 Å². The second-order valence-corrected chi connectivity index (χ2v) is 5.22. The van der Waals surface area contributed by atoms with Crippen molar-refractivity contribution in [1.29, 1.82) is 0 Å². The Morgan fingerprint density at radius 3 is 2.41 bits per heavy atom. The largest absolute Gasteiger partial charge is 0.369 e. The third-order valence-electron chi connectivity index (χ3n) is 3.03. The average Bonchev–Trinajstić information content (AvgIpc) is 2.35. The van der Waals surface area contributed by atoms with Gasteiger partial charge in [-0.3, -0.25) is 0 Å². The van der Waals surface area contributed by atoms with E-state index < -0.39 is 0 Å². The molecule has 2 nitrogen and oxygen atoms in total. The molecule has 2 N–H and O–H groups in total. The van der Waals surface area contributed by atoms with Crippen molar-refractivity contribution >= 4 is 15.9 Å². The van der Waals surface area contributed by atoms with Gasteiger partial charge in [-0.15, -0.1) is 0 Å². The molecule has 1 aromatic rings. The highest BCUT2D eigenvalue weighted by atomic mass is 79.9. The second kappa shape index (κ2) is 7.14. The van der Waals surface area contributed by atoms with Crippen LogP contribution in [0.25, 0.3) is 0 Å². The maximum absolute atomic E-state index is 6.18. The van der Waals surface area contributed by atoms with Crippen LogP contribution < -0.4 is 5.73 Å². The predicted octanol–water partition coefficient (Wildman–Crippen LogP) is 4.04. The van der Waals surface area contributed by atoms with Gasteiger partial charge in [-0.25, -0.2) is 0 Å². The van der Waals surface area contributed by atoms with Gasteiger partial charge in [-0.2, -0.15) is 0 Å². The monoisotopic (exact) mass is 299 g/mol. The van der Waals surface area contributed by atoms with E-state index in [0.29, 0.717) is 0 Å². The Morgan fingerprint density at radius 1 is 1.24 bits per heavy atom. The van der Waals surface area contributed by atoms with Crippen LogP contribution in [0.15, 0.2) is 28.7 Å². The molecule has 0 aliphatic carbocycles. The summed E-state index contributed by atoms with van der Waals surface area (Å²) >= 11 is 3.57. The summed E-state index contributed by atoms with van der Waals surface area (Å²) in [6, 6.07) is 8.17. The van der Waals surface area contributed by atoms with E-state index in [1.54, 1.807) is 0 Å². The maximum atomic E-state index is 6.18. The standard InChI is InChI=1S/C14H22BrNO/c1-4-10(3)17-14(13(16)5-2)11-8-6-7-9-12(11)15/h6-10,13-14H,4-5,16H2,1-3H3. The lowest BCUT2D eigenvalue weighted by Gasteiger charge is -2.27. The van der Waals surface area contributed by atoms with Crippen LogP contribution in [0, 0.1) is 0 Å². The molecule has 0 bridgehead atoms. The third-order valence-corrected chi connectivity index (χ3v) is 3.75. The van der Waals surface area contributed by atoms with Crippen molar-refractivity contribution in [1.82, 2.24) is 0 Å². The summed E-state index contributed by atoms with van der Waals surface area (Å²) in [5.74, 6) is 0. The molecule has 0 radical (unpaired) electrons. The van der Waals surface area contributed by atoms with Gasteiger partial charge in [0.2, 0.25) is 0 Å². The summed E-state index contributed by atoms with van der Waals surface area (Å²) in [5.41, 5.74) is 7.32. The molecule has 0 fully saturated rings. The maximum Gasteiger partial charge on any atom is 0.0990 e. The van der Waals surface area contributed by atoms with Gasteiger partial charge < -0.3 is 10.5 Å². The van der Waals surface area contributed by atoms with Gasteiger partial charge >= 0.3 is 0 Å². The molecule has 96 valence electrons. The first kappa shape index (κ1) is 14.7. The average molecular weight is 300 g/mol. The van der Waals surface area contributed by atoms with E-state index in [2.05, 4.69) is 42.8 Å². The molecule has 0 aliphatic rings. The minimum Gasteiger partial charge on any atom is -0.369 e. The Hall–Kier alpha value is -0.380. The number of hydrogen-bond acceptors (Lipinski definition) is 2. The fourth-order valence-electron chi connectivity index (χ4n) is 1.67. The zero-order chi connectivity index (χ0) is 12.8. The smallest absolute Gasteiger partial charge is 0.0990 e. The Kier molecular flexibility index (Phi) is 6.17. The summed E-state index contributed by atoms with van der Waals surface area (Å²) in [7, 11) is 0. The second-order valence-electron chi connectivity index (χ2n) is 4.37. The number of hydrogen-bond donors (Lipinski definition) is 1. The van der Waals surface area contributed by atoms with Gasteiger partial charge in [0, 0.05) is 10.5 Å². The summed E-state index contributed by atoms with van der Waals surface area (Å²) in [5, 5.41) is 0. The summed E-state index contributed by atoms with van der Waals surface area (Å²) in [4.78, 5) is 0. The number of benzene rings is 1. The van der Waals surface area contributed by atoms with Gasteiger partial charge in [-0.05, 0) is 31.4 Å². The number of halogens is 1. The zero-order valence-corrected chi connectivity index (χ0v) is 12.4. The van der Waals surface area contributed by atoms with Gasteiger partial charge in [0.25, 0.3) is 0 Å². The van der Waals surface area contributed by atoms with Crippen LogP contribution in [0.1, 0.15) is 45.3 Å². The third kappa shape index (κ3) is 4.09. The van der Waals surface area contributed by atoms with E-state index in [0.717, 1.165) is 22.9 Å². The first-order chi connectivity index (χ1) is 8.10. The first-order valence-corrected chi connectivity index (χ1v) is 7.04. The molecule has 3 unspecified atom stereocenters. The molecule has 17 heavy (non-hydrogen) atoms. The molecule has 3 atom stereocenters. The molecular formula is C14H22BrNO. The van der Waals surface area contributed by atoms with Crippen molar-refractivity contribution in [2.45, 2.75) is 51.9 Å². The summed E-state index contributed by atoms with van der Waals surface area (Å²) < 4.78 is 7.13. The molecular weight excluding hydrogens is 278 g/mol. The van der Waals surface area contributed by atoms with Crippen LogP contribution in [-0.4, -0.2) is 12.1 Å². The van der Waals surface area contributed by atoms with Crippen LogP contribution in [-0.2, 0) is 4.74 Å². The normalized spacial score (nSPS) is 16.5. The molecule has 0 heterocycles. The van der Waals surface area contributed by atoms with Gasteiger partial charge in [0.15, 0.2) is 0 Å². The SMILES string of the molecule is CCC(C)OC(c1ccccc1Br)C(N)CC. The summed E-state index contributed by atoms with van der Waals surface area (Å²) in [6.45, 7) is 6.31. The Balaban J connectivity index is 2.94. The molecule has 0 aliphatic heterocycles. The van der Waals surface area contributed by atoms with Gasteiger partial charge in [-0.1, -0.05) is 48.0 Å². The quantitative estimate of drug-likeness (QED) is 0.860. The van der Waals surface area contributed by atoms with Crippen LogP contribution in [0.2, 0.25) is 0 Å². The molecule has 0 amide bonds. The predicted molar refractivity (Wildman–Crippen MR) is 76.0 cm³/mol. The zero-order valence-electron chi connectivity index (χ0n) is 10.8. The van der Waals surface area contributed by atoms with Crippen molar-refractivity contribution in [2.24, 2.45) is 5.73 Å². The topological polar surface area (TPSA) is 35.2 Å².